The maximum atomic E-state index is 13.0. The molecule has 0 spiro atoms. The summed E-state index contributed by atoms with van der Waals surface area (Å²) in [5.41, 5.74) is 1.82. The van der Waals surface area contributed by atoms with E-state index in [9.17, 15) is 14.7 Å². The lowest BCUT2D eigenvalue weighted by Gasteiger charge is -2.29. The monoisotopic (exact) mass is 395 g/mol. The fourth-order valence-electron chi connectivity index (χ4n) is 3.81. The lowest BCUT2D eigenvalue weighted by atomic mass is 10.00. The zero-order valence-corrected chi connectivity index (χ0v) is 16.1. The van der Waals surface area contributed by atoms with Gasteiger partial charge in [0, 0.05) is 0 Å². The maximum absolute atomic E-state index is 13.0. The molecular weight excluding hydrogens is 370 g/mol. The van der Waals surface area contributed by atoms with Crippen LogP contribution >= 0.6 is 0 Å². The van der Waals surface area contributed by atoms with E-state index in [1.54, 1.807) is 6.08 Å². The minimum Gasteiger partial charge on any atom is -0.460 e. The Morgan fingerprint density at radius 2 is 1.66 bits per heavy atom. The van der Waals surface area contributed by atoms with Gasteiger partial charge >= 0.3 is 6.09 Å². The van der Waals surface area contributed by atoms with Gasteiger partial charge in [-0.25, -0.2) is 4.79 Å². The van der Waals surface area contributed by atoms with Crippen molar-refractivity contribution >= 4 is 12.6 Å². The molecule has 6 nitrogen and oxygen atoms in total. The van der Waals surface area contributed by atoms with E-state index < -0.39 is 30.4 Å². The van der Waals surface area contributed by atoms with Crippen LogP contribution in [0.1, 0.15) is 17.5 Å². The summed E-state index contributed by atoms with van der Waals surface area (Å²) in [7, 11) is 0. The highest BCUT2D eigenvalue weighted by molar-refractivity contribution is 5.69. The van der Waals surface area contributed by atoms with Gasteiger partial charge in [0.2, 0.25) is 0 Å². The first-order chi connectivity index (χ1) is 14.2. The molecule has 1 aliphatic heterocycles. The fraction of sp³-hybridized carbons (Fsp3) is 0.304. The summed E-state index contributed by atoms with van der Waals surface area (Å²) < 4.78 is 10.7. The van der Waals surface area contributed by atoms with Gasteiger partial charge in [-0.2, -0.15) is 0 Å². The summed E-state index contributed by atoms with van der Waals surface area (Å²) in [4.78, 5) is 25.6. The van der Waals surface area contributed by atoms with Crippen molar-refractivity contribution in [2.24, 2.45) is 0 Å². The highest BCUT2D eigenvalue weighted by atomic mass is 16.6. The summed E-state index contributed by atoms with van der Waals surface area (Å²) in [5, 5.41) is 10.8. The van der Waals surface area contributed by atoms with E-state index in [0.29, 0.717) is 19.3 Å². The standard InChI is InChI=1S/C23H25NO5/c1-2-9-19-21(26)22(29-16-25)20(14-17-10-5-3-6-11-17)24(19)23(27)28-15-18-12-7-4-8-13-18/h2-8,10-13,16,19-22,26H,1,9,14-15H2/t19-,20+,21-,22-/m0/s1. The van der Waals surface area contributed by atoms with Crippen LogP contribution in [0.3, 0.4) is 0 Å². The van der Waals surface area contributed by atoms with E-state index in [0.717, 1.165) is 11.1 Å². The predicted molar refractivity (Wildman–Crippen MR) is 108 cm³/mol. The largest absolute Gasteiger partial charge is 0.460 e. The summed E-state index contributed by atoms with van der Waals surface area (Å²) in [6, 6.07) is 17.8. The third-order valence-electron chi connectivity index (χ3n) is 5.15. The van der Waals surface area contributed by atoms with Crippen LogP contribution in [-0.4, -0.2) is 46.9 Å². The van der Waals surface area contributed by atoms with Crippen molar-refractivity contribution in [1.82, 2.24) is 4.90 Å². The highest BCUT2D eigenvalue weighted by Crippen LogP contribution is 2.32. The second-order valence-electron chi connectivity index (χ2n) is 6.98. The number of aliphatic hydroxyl groups excluding tert-OH is 1. The summed E-state index contributed by atoms with van der Waals surface area (Å²) >= 11 is 0. The van der Waals surface area contributed by atoms with Gasteiger partial charge in [-0.15, -0.1) is 6.58 Å². The first-order valence-corrected chi connectivity index (χ1v) is 9.56. The van der Waals surface area contributed by atoms with Gasteiger partial charge in [-0.05, 0) is 24.0 Å². The second kappa shape index (κ2) is 9.89. The molecule has 4 atom stereocenters. The van der Waals surface area contributed by atoms with Crippen molar-refractivity contribution in [3.05, 3.63) is 84.4 Å². The first kappa shape index (κ1) is 20.6. The number of hydrogen-bond donors (Lipinski definition) is 1. The van der Waals surface area contributed by atoms with Crippen molar-refractivity contribution in [3.63, 3.8) is 0 Å². The van der Waals surface area contributed by atoms with E-state index in [4.69, 9.17) is 9.47 Å². The number of hydrogen-bond acceptors (Lipinski definition) is 5. The molecule has 3 rings (SSSR count). The molecule has 2 aromatic carbocycles. The minimum absolute atomic E-state index is 0.115. The number of likely N-dealkylation sites (tertiary alicyclic amines) is 1. The fourth-order valence-corrected chi connectivity index (χ4v) is 3.81. The lowest BCUT2D eigenvalue weighted by molar-refractivity contribution is -0.139. The number of rotatable bonds is 8. The number of ether oxygens (including phenoxy) is 2. The molecule has 2 aromatic rings. The third kappa shape index (κ3) is 4.84. The topological polar surface area (TPSA) is 76.1 Å². The van der Waals surface area contributed by atoms with Crippen molar-refractivity contribution < 1.29 is 24.2 Å². The van der Waals surface area contributed by atoms with Gasteiger partial charge in [0.05, 0.1) is 12.1 Å². The summed E-state index contributed by atoms with van der Waals surface area (Å²) in [5.74, 6) is 0. The number of carbonyl (C=O) groups excluding carboxylic acids is 2. The van der Waals surface area contributed by atoms with Crippen LogP contribution in [0.4, 0.5) is 4.79 Å². The Morgan fingerprint density at radius 1 is 1.03 bits per heavy atom. The normalized spacial score (nSPS) is 23.4. The molecule has 1 amide bonds. The smallest absolute Gasteiger partial charge is 0.410 e. The van der Waals surface area contributed by atoms with Gasteiger partial charge in [0.15, 0.2) is 6.10 Å². The van der Waals surface area contributed by atoms with Gasteiger partial charge in [0.1, 0.15) is 12.7 Å². The molecule has 0 saturated carbocycles. The van der Waals surface area contributed by atoms with Crippen LogP contribution in [-0.2, 0) is 27.3 Å². The Balaban J connectivity index is 1.85. The molecule has 0 aromatic heterocycles. The zero-order valence-electron chi connectivity index (χ0n) is 16.1. The number of aliphatic hydroxyl groups is 1. The van der Waals surface area contributed by atoms with Crippen molar-refractivity contribution in [2.45, 2.75) is 43.7 Å². The summed E-state index contributed by atoms with van der Waals surface area (Å²) in [6.45, 7) is 4.16. The van der Waals surface area contributed by atoms with Crippen LogP contribution in [0.25, 0.3) is 0 Å². The van der Waals surface area contributed by atoms with Crippen molar-refractivity contribution in [1.29, 1.82) is 0 Å². The lowest BCUT2D eigenvalue weighted by Crippen LogP contribution is -2.45. The molecule has 0 aliphatic carbocycles. The Labute approximate surface area is 170 Å². The highest BCUT2D eigenvalue weighted by Gasteiger charge is 2.51. The number of benzene rings is 2. The molecule has 1 aliphatic rings. The Morgan fingerprint density at radius 3 is 2.24 bits per heavy atom. The van der Waals surface area contributed by atoms with Crippen LogP contribution < -0.4 is 0 Å². The molecule has 152 valence electrons. The Bertz CT molecular complexity index is 811. The van der Waals surface area contributed by atoms with Gasteiger partial charge in [-0.3, -0.25) is 9.69 Å². The zero-order chi connectivity index (χ0) is 20.6. The number of amides is 1. The van der Waals surface area contributed by atoms with Crippen LogP contribution in [0.5, 0.6) is 0 Å². The SMILES string of the molecule is C=CC[C@H]1[C@H](O)[C@@H](OC=O)[C@@H](Cc2ccccc2)N1C(=O)OCc1ccccc1. The molecule has 1 fully saturated rings. The van der Waals surface area contributed by atoms with E-state index in [1.165, 1.54) is 4.90 Å². The molecule has 1 saturated heterocycles. The molecule has 1 heterocycles. The average Bonchev–Trinajstić information content (AvgIpc) is 3.00. The van der Waals surface area contributed by atoms with E-state index in [-0.39, 0.29) is 6.61 Å². The van der Waals surface area contributed by atoms with E-state index in [1.807, 2.05) is 60.7 Å². The van der Waals surface area contributed by atoms with Crippen molar-refractivity contribution in [2.75, 3.05) is 0 Å². The van der Waals surface area contributed by atoms with E-state index in [2.05, 4.69) is 6.58 Å². The first-order valence-electron chi connectivity index (χ1n) is 9.56. The van der Waals surface area contributed by atoms with Gasteiger partial charge < -0.3 is 14.6 Å². The molecule has 6 heteroatoms. The predicted octanol–water partition coefficient (Wildman–Crippen LogP) is 3.10. The number of nitrogens with zero attached hydrogens (tertiary/aromatic N) is 1. The van der Waals surface area contributed by atoms with Crippen LogP contribution in [0.15, 0.2) is 73.3 Å². The molecule has 0 unspecified atom stereocenters. The van der Waals surface area contributed by atoms with Crippen molar-refractivity contribution in [3.8, 4) is 0 Å². The number of carbonyl (C=O) groups is 2. The van der Waals surface area contributed by atoms with Crippen LogP contribution in [0, 0.1) is 0 Å². The molecule has 1 N–H and O–H groups in total. The maximum Gasteiger partial charge on any atom is 0.410 e. The molecule has 0 bridgehead atoms. The van der Waals surface area contributed by atoms with Gasteiger partial charge in [0.25, 0.3) is 6.47 Å². The van der Waals surface area contributed by atoms with Crippen LogP contribution in [0.2, 0.25) is 0 Å². The average molecular weight is 395 g/mol. The quantitative estimate of drug-likeness (QED) is 0.549. The minimum atomic E-state index is -1.03. The second-order valence-corrected chi connectivity index (χ2v) is 6.98. The molecular formula is C23H25NO5. The molecule has 0 radical (unpaired) electrons. The Hall–Kier alpha value is -3.12. The Kier molecular flexibility index (Phi) is 7.03. The van der Waals surface area contributed by atoms with Gasteiger partial charge in [-0.1, -0.05) is 66.7 Å². The molecule has 29 heavy (non-hydrogen) atoms. The third-order valence-corrected chi connectivity index (χ3v) is 5.15. The summed E-state index contributed by atoms with van der Waals surface area (Å²) in [6.07, 6.45) is -0.0274. The van der Waals surface area contributed by atoms with E-state index >= 15 is 0 Å².